The normalized spacial score (nSPS) is 8.00. The van der Waals surface area contributed by atoms with Crippen molar-refractivity contribution in [3.05, 3.63) is 50.6 Å². The van der Waals surface area contributed by atoms with E-state index in [2.05, 4.69) is 26.3 Å². The minimum atomic E-state index is 0.617. The number of hydrogen-bond acceptors (Lipinski definition) is 2. The summed E-state index contributed by atoms with van der Waals surface area (Å²) in [5, 5.41) is 0. The molecule has 14 heavy (non-hydrogen) atoms. The van der Waals surface area contributed by atoms with E-state index >= 15 is 0 Å². The van der Waals surface area contributed by atoms with Crippen molar-refractivity contribution in [1.29, 1.82) is 0 Å². The van der Waals surface area contributed by atoms with Crippen molar-refractivity contribution in [2.24, 2.45) is 0 Å². The van der Waals surface area contributed by atoms with E-state index in [1.165, 1.54) is 0 Å². The molecule has 0 unspecified atom stereocenters. The Hall–Kier alpha value is -1.12. The van der Waals surface area contributed by atoms with Gasteiger partial charge in [-0.25, -0.2) is 0 Å². The van der Waals surface area contributed by atoms with Gasteiger partial charge in [-0.3, -0.25) is 0 Å². The molecule has 80 valence electrons. The zero-order chi connectivity index (χ0) is 11.1. The molecule has 0 aliphatic carbocycles. The van der Waals surface area contributed by atoms with E-state index in [4.69, 9.17) is 9.47 Å². The second kappa shape index (κ2) is 17.8. The Morgan fingerprint density at radius 2 is 0.786 bits per heavy atom. The molecule has 0 radical (unpaired) electrons. The van der Waals surface area contributed by atoms with Gasteiger partial charge in [0.05, 0.1) is 26.4 Å². The summed E-state index contributed by atoms with van der Waals surface area (Å²) >= 11 is 0. The van der Waals surface area contributed by atoms with E-state index in [0.717, 1.165) is 0 Å². The van der Waals surface area contributed by atoms with Gasteiger partial charge < -0.3 is 9.47 Å². The Bertz CT molecular complexity index is 116. The van der Waals surface area contributed by atoms with Crippen LogP contribution in [0.1, 0.15) is 0 Å². The first-order chi connectivity index (χ1) is 6.83. The van der Waals surface area contributed by atoms with Gasteiger partial charge in [0.1, 0.15) is 0 Å². The van der Waals surface area contributed by atoms with Crippen LogP contribution in [0.15, 0.2) is 50.6 Å². The van der Waals surface area contributed by atoms with Gasteiger partial charge in [0.25, 0.3) is 0 Å². The molecule has 0 saturated carbocycles. The molecule has 0 heterocycles. The molecule has 0 saturated heterocycles. The summed E-state index contributed by atoms with van der Waals surface area (Å²) in [4.78, 5) is 0. The maximum Gasteiger partial charge on any atom is 0.0649 e. The van der Waals surface area contributed by atoms with Crippen LogP contribution in [-0.2, 0) is 9.47 Å². The van der Waals surface area contributed by atoms with Crippen molar-refractivity contribution in [2.75, 3.05) is 26.4 Å². The number of hydrogen-bond donors (Lipinski definition) is 0. The third kappa shape index (κ3) is 22.4. The van der Waals surface area contributed by atoms with Gasteiger partial charge >= 0.3 is 0 Å². The highest BCUT2D eigenvalue weighted by Crippen LogP contribution is 1.73. The molecule has 0 aliphatic rings. The van der Waals surface area contributed by atoms with Crippen LogP contribution in [0.2, 0.25) is 0 Å². The Labute approximate surface area is 87.2 Å². The molecule has 0 atom stereocenters. The lowest BCUT2D eigenvalue weighted by Gasteiger charge is -1.89. The molecule has 0 aromatic rings. The molecule has 0 fully saturated rings. The average molecular weight is 196 g/mol. The van der Waals surface area contributed by atoms with Gasteiger partial charge in [0.2, 0.25) is 0 Å². The molecular weight excluding hydrogens is 176 g/mol. The van der Waals surface area contributed by atoms with Crippen molar-refractivity contribution in [3.63, 3.8) is 0 Å². The Morgan fingerprint density at radius 1 is 0.571 bits per heavy atom. The van der Waals surface area contributed by atoms with Crippen LogP contribution in [0.3, 0.4) is 0 Å². The highest BCUT2D eigenvalue weighted by atomic mass is 16.5. The lowest BCUT2D eigenvalue weighted by molar-refractivity contribution is 0.194. The highest BCUT2D eigenvalue weighted by Gasteiger charge is 1.71. The molecule has 2 nitrogen and oxygen atoms in total. The van der Waals surface area contributed by atoms with Gasteiger partial charge in [0.15, 0.2) is 0 Å². The summed E-state index contributed by atoms with van der Waals surface area (Å²) in [5.74, 6) is 0. The quantitative estimate of drug-likeness (QED) is 0.439. The standard InChI is InChI=1S/2C6H10O/c2*1-3-5-7-6-4-2/h2*3-4H,1-2,5-6H2. The molecule has 0 aromatic carbocycles. The van der Waals surface area contributed by atoms with E-state index in [1.807, 2.05) is 0 Å². The van der Waals surface area contributed by atoms with Crippen LogP contribution >= 0.6 is 0 Å². The summed E-state index contributed by atoms with van der Waals surface area (Å²) < 4.78 is 9.79. The smallest absolute Gasteiger partial charge is 0.0649 e. The van der Waals surface area contributed by atoms with Crippen molar-refractivity contribution in [1.82, 2.24) is 0 Å². The van der Waals surface area contributed by atoms with Crippen LogP contribution in [0.4, 0.5) is 0 Å². The molecule has 2 heteroatoms. The van der Waals surface area contributed by atoms with E-state index in [-0.39, 0.29) is 0 Å². The summed E-state index contributed by atoms with van der Waals surface area (Å²) in [5.41, 5.74) is 0. The van der Waals surface area contributed by atoms with Gasteiger partial charge in [-0.1, -0.05) is 24.3 Å². The topological polar surface area (TPSA) is 18.5 Å². The van der Waals surface area contributed by atoms with Gasteiger partial charge in [0, 0.05) is 0 Å². The van der Waals surface area contributed by atoms with E-state index < -0.39 is 0 Å². The predicted octanol–water partition coefficient (Wildman–Crippen LogP) is 2.75. The maximum absolute atomic E-state index is 4.90. The lowest BCUT2D eigenvalue weighted by atomic mass is 10.6. The van der Waals surface area contributed by atoms with Crippen LogP contribution in [-0.4, -0.2) is 26.4 Å². The van der Waals surface area contributed by atoms with E-state index in [1.54, 1.807) is 24.3 Å². The second-order valence-corrected chi connectivity index (χ2v) is 2.23. The van der Waals surface area contributed by atoms with E-state index in [0.29, 0.717) is 26.4 Å². The average Bonchev–Trinajstić information content (AvgIpc) is 2.21. The molecule has 0 N–H and O–H groups in total. The number of ether oxygens (including phenoxy) is 2. The Kier molecular flexibility index (Phi) is 19.6. The summed E-state index contributed by atoms with van der Waals surface area (Å²) in [7, 11) is 0. The molecule has 0 amide bonds. The molecule has 0 rings (SSSR count). The Balaban J connectivity index is 0. The van der Waals surface area contributed by atoms with Gasteiger partial charge in [-0.2, -0.15) is 0 Å². The minimum Gasteiger partial charge on any atom is -0.373 e. The Morgan fingerprint density at radius 3 is 0.929 bits per heavy atom. The third-order valence-corrected chi connectivity index (χ3v) is 0.943. The second-order valence-electron chi connectivity index (χ2n) is 2.23. The van der Waals surface area contributed by atoms with Crippen molar-refractivity contribution >= 4 is 0 Å². The summed E-state index contributed by atoms with van der Waals surface area (Å²) in [6, 6.07) is 0. The fourth-order valence-corrected chi connectivity index (χ4v) is 0.469. The molecule has 0 aliphatic heterocycles. The van der Waals surface area contributed by atoms with Crippen LogP contribution < -0.4 is 0 Å². The molecule has 0 aromatic heterocycles. The van der Waals surface area contributed by atoms with Crippen molar-refractivity contribution in [3.8, 4) is 0 Å². The maximum atomic E-state index is 4.90. The fourth-order valence-electron chi connectivity index (χ4n) is 0.469. The SMILES string of the molecule is C=CCOCC=C.C=CCOCC=C. The first-order valence-electron chi connectivity index (χ1n) is 4.42. The summed E-state index contributed by atoms with van der Waals surface area (Å²) in [6.07, 6.45) is 6.85. The monoisotopic (exact) mass is 196 g/mol. The lowest BCUT2D eigenvalue weighted by Crippen LogP contribution is -1.87. The third-order valence-electron chi connectivity index (χ3n) is 0.943. The number of rotatable bonds is 8. The zero-order valence-corrected chi connectivity index (χ0v) is 8.78. The zero-order valence-electron chi connectivity index (χ0n) is 8.78. The first-order valence-corrected chi connectivity index (χ1v) is 4.42. The van der Waals surface area contributed by atoms with Crippen molar-refractivity contribution in [2.45, 2.75) is 0 Å². The molecule has 0 bridgehead atoms. The first kappa shape index (κ1) is 15.4. The minimum absolute atomic E-state index is 0.617. The van der Waals surface area contributed by atoms with Gasteiger partial charge in [-0.05, 0) is 0 Å². The predicted molar refractivity (Wildman–Crippen MR) is 62.4 cm³/mol. The van der Waals surface area contributed by atoms with Crippen LogP contribution in [0, 0.1) is 0 Å². The van der Waals surface area contributed by atoms with Crippen LogP contribution in [0.5, 0.6) is 0 Å². The fraction of sp³-hybridized carbons (Fsp3) is 0.333. The largest absolute Gasteiger partial charge is 0.373 e. The highest BCUT2D eigenvalue weighted by molar-refractivity contribution is 4.69. The summed E-state index contributed by atoms with van der Waals surface area (Å²) in [6.45, 7) is 16.4. The van der Waals surface area contributed by atoms with Gasteiger partial charge in [-0.15, -0.1) is 26.3 Å². The molecule has 0 spiro atoms. The molecular formula is C12H20O2. The van der Waals surface area contributed by atoms with Crippen LogP contribution in [0.25, 0.3) is 0 Å². The van der Waals surface area contributed by atoms with E-state index in [9.17, 15) is 0 Å². The van der Waals surface area contributed by atoms with Crippen molar-refractivity contribution < 1.29 is 9.47 Å².